The maximum absolute atomic E-state index is 13.6. The molecule has 0 fully saturated rings. The summed E-state index contributed by atoms with van der Waals surface area (Å²) in [5.41, 5.74) is 1.31. The summed E-state index contributed by atoms with van der Waals surface area (Å²) in [6.07, 6.45) is 0. The lowest BCUT2D eigenvalue weighted by Crippen LogP contribution is -2.16. The summed E-state index contributed by atoms with van der Waals surface area (Å²) in [5, 5.41) is 5.72. The van der Waals surface area contributed by atoms with Crippen molar-refractivity contribution in [3.63, 3.8) is 0 Å². The number of amides is 2. The van der Waals surface area contributed by atoms with Gasteiger partial charge < -0.3 is 10.6 Å². The van der Waals surface area contributed by atoms with E-state index in [1.54, 1.807) is 54.6 Å². The first kappa shape index (κ1) is 19.9. The zero-order valence-corrected chi connectivity index (χ0v) is 16.2. The van der Waals surface area contributed by atoms with Gasteiger partial charge in [0.2, 0.25) is 5.91 Å². The van der Waals surface area contributed by atoms with E-state index in [-0.39, 0.29) is 34.0 Å². The van der Waals surface area contributed by atoms with Crippen LogP contribution in [0.2, 0.25) is 5.02 Å². The molecule has 0 heterocycles. The van der Waals surface area contributed by atoms with E-state index in [4.69, 9.17) is 11.6 Å². The quantitative estimate of drug-likeness (QED) is 0.526. The van der Waals surface area contributed by atoms with Crippen LogP contribution in [0.5, 0.6) is 0 Å². The second-order valence-corrected chi connectivity index (χ2v) is 7.21. The van der Waals surface area contributed by atoms with Gasteiger partial charge in [0.05, 0.1) is 16.3 Å². The summed E-state index contributed by atoms with van der Waals surface area (Å²) in [7, 11) is 0. The molecule has 0 aliphatic rings. The molecule has 2 N–H and O–H groups in total. The first-order chi connectivity index (χ1) is 13.5. The van der Waals surface area contributed by atoms with Crippen LogP contribution in [0.25, 0.3) is 0 Å². The van der Waals surface area contributed by atoms with Gasteiger partial charge in [-0.05, 0) is 42.5 Å². The SMILES string of the molecule is O=C(CSc1ccccc1F)Nc1ccc(Cl)c(C(=O)Nc2ccccc2)c1. The molecule has 0 spiro atoms. The average Bonchev–Trinajstić information content (AvgIpc) is 2.69. The molecule has 0 radical (unpaired) electrons. The van der Waals surface area contributed by atoms with E-state index in [1.165, 1.54) is 12.1 Å². The number of thioether (sulfide) groups is 1. The van der Waals surface area contributed by atoms with Crippen LogP contribution in [0.4, 0.5) is 15.8 Å². The number of hydrogen-bond donors (Lipinski definition) is 2. The third kappa shape index (κ3) is 5.34. The van der Waals surface area contributed by atoms with Crippen molar-refractivity contribution >= 4 is 46.6 Å². The van der Waals surface area contributed by atoms with E-state index in [0.717, 1.165) is 11.8 Å². The summed E-state index contributed by atoms with van der Waals surface area (Å²) >= 11 is 7.23. The number of hydrogen-bond acceptors (Lipinski definition) is 3. The third-order valence-corrected chi connectivity index (χ3v) is 5.10. The Balaban J connectivity index is 1.64. The molecule has 0 bridgehead atoms. The molecule has 2 amide bonds. The Morgan fingerprint density at radius 2 is 1.61 bits per heavy atom. The highest BCUT2D eigenvalue weighted by Gasteiger charge is 2.13. The molecule has 7 heteroatoms. The van der Waals surface area contributed by atoms with Gasteiger partial charge in [0, 0.05) is 16.3 Å². The monoisotopic (exact) mass is 414 g/mol. The van der Waals surface area contributed by atoms with Gasteiger partial charge in [0.25, 0.3) is 5.91 Å². The van der Waals surface area contributed by atoms with Gasteiger partial charge >= 0.3 is 0 Å². The van der Waals surface area contributed by atoms with Crippen LogP contribution < -0.4 is 10.6 Å². The number of carbonyl (C=O) groups excluding carboxylic acids is 2. The first-order valence-electron chi connectivity index (χ1n) is 8.36. The Morgan fingerprint density at radius 1 is 0.893 bits per heavy atom. The first-order valence-corrected chi connectivity index (χ1v) is 9.72. The Morgan fingerprint density at radius 3 is 2.36 bits per heavy atom. The molecule has 0 aliphatic carbocycles. The van der Waals surface area contributed by atoms with Gasteiger partial charge in [-0.25, -0.2) is 4.39 Å². The molecule has 3 rings (SSSR count). The number of rotatable bonds is 6. The fourth-order valence-corrected chi connectivity index (χ4v) is 3.34. The summed E-state index contributed by atoms with van der Waals surface area (Å²) < 4.78 is 13.6. The van der Waals surface area contributed by atoms with E-state index in [1.807, 2.05) is 6.07 Å². The van der Waals surface area contributed by atoms with Crippen molar-refractivity contribution in [1.29, 1.82) is 0 Å². The average molecular weight is 415 g/mol. The minimum atomic E-state index is -0.381. The molecule has 28 heavy (non-hydrogen) atoms. The van der Waals surface area contributed by atoms with Crippen molar-refractivity contribution in [3.8, 4) is 0 Å². The smallest absolute Gasteiger partial charge is 0.257 e. The maximum atomic E-state index is 13.6. The predicted octanol–water partition coefficient (Wildman–Crippen LogP) is 5.46. The van der Waals surface area contributed by atoms with E-state index < -0.39 is 0 Å². The lowest BCUT2D eigenvalue weighted by Gasteiger charge is -2.10. The largest absolute Gasteiger partial charge is 0.325 e. The number of para-hydroxylation sites is 1. The van der Waals surface area contributed by atoms with Crippen LogP contribution in [0.3, 0.4) is 0 Å². The Bertz CT molecular complexity index is 999. The highest BCUT2D eigenvalue weighted by atomic mass is 35.5. The van der Waals surface area contributed by atoms with Crippen molar-refractivity contribution < 1.29 is 14.0 Å². The maximum Gasteiger partial charge on any atom is 0.257 e. The minimum Gasteiger partial charge on any atom is -0.325 e. The van der Waals surface area contributed by atoms with Crippen LogP contribution in [-0.2, 0) is 4.79 Å². The van der Waals surface area contributed by atoms with Crippen LogP contribution in [0, 0.1) is 5.82 Å². The Labute approximate surface area is 171 Å². The predicted molar refractivity (Wildman–Crippen MR) is 112 cm³/mol. The van der Waals surface area contributed by atoms with Crippen LogP contribution in [0.15, 0.2) is 77.7 Å². The lowest BCUT2D eigenvalue weighted by atomic mass is 10.1. The topological polar surface area (TPSA) is 58.2 Å². The highest BCUT2D eigenvalue weighted by Crippen LogP contribution is 2.24. The van der Waals surface area contributed by atoms with Crippen molar-refractivity contribution in [2.24, 2.45) is 0 Å². The van der Waals surface area contributed by atoms with Gasteiger partial charge in [-0.2, -0.15) is 0 Å². The minimum absolute atomic E-state index is 0.0368. The van der Waals surface area contributed by atoms with E-state index in [9.17, 15) is 14.0 Å². The molecular formula is C21H16ClFN2O2S. The summed E-state index contributed by atoms with van der Waals surface area (Å²) in [6, 6.07) is 19.9. The second kappa shape index (κ2) is 9.39. The molecule has 0 saturated heterocycles. The van der Waals surface area contributed by atoms with Gasteiger partial charge in [0.15, 0.2) is 0 Å². The van der Waals surface area contributed by atoms with Crippen LogP contribution in [-0.4, -0.2) is 17.6 Å². The molecule has 3 aromatic carbocycles. The number of benzene rings is 3. The highest BCUT2D eigenvalue weighted by molar-refractivity contribution is 8.00. The van der Waals surface area contributed by atoms with Crippen molar-refractivity contribution in [2.75, 3.05) is 16.4 Å². The summed E-state index contributed by atoms with van der Waals surface area (Å²) in [4.78, 5) is 25.0. The van der Waals surface area contributed by atoms with Crippen LogP contribution >= 0.6 is 23.4 Å². The molecule has 3 aromatic rings. The fraction of sp³-hybridized carbons (Fsp3) is 0.0476. The molecule has 142 valence electrons. The number of anilines is 2. The van der Waals surface area contributed by atoms with E-state index in [2.05, 4.69) is 10.6 Å². The second-order valence-electron chi connectivity index (χ2n) is 5.78. The fourth-order valence-electron chi connectivity index (χ4n) is 2.40. The van der Waals surface area contributed by atoms with Crippen LogP contribution in [0.1, 0.15) is 10.4 Å². The normalized spacial score (nSPS) is 10.4. The zero-order valence-electron chi connectivity index (χ0n) is 14.6. The van der Waals surface area contributed by atoms with Crippen molar-refractivity contribution in [1.82, 2.24) is 0 Å². The molecule has 0 aromatic heterocycles. The summed E-state index contributed by atoms with van der Waals surface area (Å²) in [6.45, 7) is 0. The summed E-state index contributed by atoms with van der Waals surface area (Å²) in [5.74, 6) is -1.03. The molecule has 0 saturated carbocycles. The van der Waals surface area contributed by atoms with Gasteiger partial charge in [0.1, 0.15) is 5.82 Å². The molecule has 4 nitrogen and oxygen atoms in total. The van der Waals surface area contributed by atoms with E-state index in [0.29, 0.717) is 16.3 Å². The lowest BCUT2D eigenvalue weighted by molar-refractivity contribution is -0.113. The number of carbonyl (C=O) groups is 2. The third-order valence-electron chi connectivity index (χ3n) is 3.72. The Hall–Kier alpha value is -2.83. The van der Waals surface area contributed by atoms with Gasteiger partial charge in [-0.3, -0.25) is 9.59 Å². The van der Waals surface area contributed by atoms with Gasteiger partial charge in [-0.15, -0.1) is 11.8 Å². The van der Waals surface area contributed by atoms with Gasteiger partial charge in [-0.1, -0.05) is 41.9 Å². The molecular weight excluding hydrogens is 399 g/mol. The Kier molecular flexibility index (Phi) is 6.68. The molecule has 0 atom stereocenters. The van der Waals surface area contributed by atoms with E-state index >= 15 is 0 Å². The zero-order chi connectivity index (χ0) is 19.9. The molecule has 0 unspecified atom stereocenters. The van der Waals surface area contributed by atoms with Crippen molar-refractivity contribution in [3.05, 3.63) is 89.2 Å². The van der Waals surface area contributed by atoms with Crippen molar-refractivity contribution in [2.45, 2.75) is 4.90 Å². The number of nitrogens with one attached hydrogen (secondary N) is 2. The molecule has 0 aliphatic heterocycles. The number of halogens is 2. The standard InChI is InChI=1S/C21H16ClFN2O2S/c22-17-11-10-15(12-16(17)21(27)25-14-6-2-1-3-7-14)24-20(26)13-28-19-9-5-4-8-18(19)23/h1-12H,13H2,(H,24,26)(H,25,27).